The number of rotatable bonds is 6. The monoisotopic (exact) mass is 331 g/mol. The Bertz CT molecular complexity index is 607. The molecule has 1 aromatic carbocycles. The summed E-state index contributed by atoms with van der Waals surface area (Å²) in [5.41, 5.74) is 6.69. The average molecular weight is 331 g/mol. The lowest BCUT2D eigenvalue weighted by Crippen LogP contribution is -2.41. The van der Waals surface area contributed by atoms with Crippen LogP contribution in [0.3, 0.4) is 0 Å². The molecule has 130 valence electrons. The Hall–Kier alpha value is -2.50. The number of carbonyl (C=O) groups is 2. The molecule has 1 fully saturated rings. The number of hydrogen-bond donors (Lipinski definition) is 3. The minimum Gasteiger partial charge on any atom is -0.497 e. The molecular weight excluding hydrogens is 306 g/mol. The van der Waals surface area contributed by atoms with Crippen LogP contribution in [0.2, 0.25) is 0 Å². The molecule has 0 radical (unpaired) electrons. The third-order valence-electron chi connectivity index (χ3n) is 4.04. The van der Waals surface area contributed by atoms with Gasteiger partial charge in [0.15, 0.2) is 0 Å². The SMILES string of the molecule is COc1cccc(NC(=O)/C=C(\C)NNC(=O)C2CCCCC2)c1. The Morgan fingerprint density at radius 3 is 2.62 bits per heavy atom. The third kappa shape index (κ3) is 5.61. The quantitative estimate of drug-likeness (QED) is 0.553. The molecule has 0 spiro atoms. The number of anilines is 1. The van der Waals surface area contributed by atoms with E-state index in [0.29, 0.717) is 17.1 Å². The van der Waals surface area contributed by atoms with Crippen LogP contribution >= 0.6 is 0 Å². The lowest BCUT2D eigenvalue weighted by Gasteiger charge is -2.21. The second kappa shape index (κ2) is 8.96. The number of allylic oxidation sites excluding steroid dienone is 1. The largest absolute Gasteiger partial charge is 0.497 e. The minimum absolute atomic E-state index is 0.00402. The van der Waals surface area contributed by atoms with E-state index >= 15 is 0 Å². The van der Waals surface area contributed by atoms with E-state index in [-0.39, 0.29) is 17.7 Å². The number of carbonyl (C=O) groups excluding carboxylic acids is 2. The summed E-state index contributed by atoms with van der Waals surface area (Å²) in [6, 6.07) is 7.12. The Morgan fingerprint density at radius 1 is 1.17 bits per heavy atom. The molecule has 1 aliphatic carbocycles. The molecule has 0 bridgehead atoms. The minimum atomic E-state index is -0.278. The fourth-order valence-electron chi connectivity index (χ4n) is 2.74. The van der Waals surface area contributed by atoms with Crippen molar-refractivity contribution in [2.75, 3.05) is 12.4 Å². The summed E-state index contributed by atoms with van der Waals surface area (Å²) in [4.78, 5) is 24.0. The van der Waals surface area contributed by atoms with E-state index in [2.05, 4.69) is 16.2 Å². The topological polar surface area (TPSA) is 79.5 Å². The zero-order chi connectivity index (χ0) is 17.4. The first-order valence-electron chi connectivity index (χ1n) is 8.27. The molecule has 1 aromatic rings. The van der Waals surface area contributed by atoms with Crippen LogP contribution in [0.5, 0.6) is 5.75 Å². The van der Waals surface area contributed by atoms with Crippen LogP contribution in [0.25, 0.3) is 0 Å². The van der Waals surface area contributed by atoms with Gasteiger partial charge >= 0.3 is 0 Å². The number of benzene rings is 1. The van der Waals surface area contributed by atoms with Crippen LogP contribution in [0.15, 0.2) is 36.0 Å². The fraction of sp³-hybridized carbons (Fsp3) is 0.444. The first kappa shape index (κ1) is 17.8. The molecule has 1 saturated carbocycles. The van der Waals surface area contributed by atoms with Gasteiger partial charge in [-0.25, -0.2) is 0 Å². The van der Waals surface area contributed by atoms with Crippen molar-refractivity contribution in [3.05, 3.63) is 36.0 Å². The van der Waals surface area contributed by atoms with Crippen LogP contribution in [0, 0.1) is 5.92 Å². The molecule has 24 heavy (non-hydrogen) atoms. The Morgan fingerprint density at radius 2 is 1.92 bits per heavy atom. The highest BCUT2D eigenvalue weighted by Crippen LogP contribution is 2.23. The van der Waals surface area contributed by atoms with Gasteiger partial charge in [-0.15, -0.1) is 0 Å². The van der Waals surface area contributed by atoms with Gasteiger partial charge in [0.1, 0.15) is 5.75 Å². The van der Waals surface area contributed by atoms with Crippen molar-refractivity contribution in [2.24, 2.45) is 5.92 Å². The van der Waals surface area contributed by atoms with Gasteiger partial charge < -0.3 is 15.5 Å². The number of hydrazine groups is 1. The molecule has 0 heterocycles. The van der Waals surface area contributed by atoms with Crippen molar-refractivity contribution in [1.82, 2.24) is 10.9 Å². The fourth-order valence-corrected chi connectivity index (χ4v) is 2.74. The van der Waals surface area contributed by atoms with E-state index in [9.17, 15) is 9.59 Å². The summed E-state index contributed by atoms with van der Waals surface area (Å²) in [5.74, 6) is 0.465. The first-order chi connectivity index (χ1) is 11.6. The Balaban J connectivity index is 1.81. The summed E-state index contributed by atoms with van der Waals surface area (Å²) >= 11 is 0. The summed E-state index contributed by atoms with van der Waals surface area (Å²) in [7, 11) is 1.57. The predicted molar refractivity (Wildman–Crippen MR) is 93.2 cm³/mol. The van der Waals surface area contributed by atoms with Gasteiger partial charge in [0.2, 0.25) is 11.8 Å². The molecule has 6 heteroatoms. The van der Waals surface area contributed by atoms with Gasteiger partial charge in [-0.1, -0.05) is 25.3 Å². The van der Waals surface area contributed by atoms with Crippen molar-refractivity contribution in [3.63, 3.8) is 0 Å². The van der Waals surface area contributed by atoms with Gasteiger partial charge in [0.05, 0.1) is 7.11 Å². The highest BCUT2D eigenvalue weighted by atomic mass is 16.5. The Kier molecular flexibility index (Phi) is 6.66. The van der Waals surface area contributed by atoms with E-state index in [1.165, 1.54) is 12.5 Å². The number of amides is 2. The van der Waals surface area contributed by atoms with Gasteiger partial charge in [-0.3, -0.25) is 15.0 Å². The zero-order valence-corrected chi connectivity index (χ0v) is 14.2. The molecule has 0 aliphatic heterocycles. The van der Waals surface area contributed by atoms with E-state index < -0.39 is 0 Å². The molecule has 1 aliphatic rings. The van der Waals surface area contributed by atoms with E-state index in [4.69, 9.17) is 4.74 Å². The van der Waals surface area contributed by atoms with Gasteiger partial charge in [-0.05, 0) is 31.9 Å². The van der Waals surface area contributed by atoms with Crippen LogP contribution in [-0.4, -0.2) is 18.9 Å². The second-order valence-electron chi connectivity index (χ2n) is 6.00. The number of nitrogens with one attached hydrogen (secondary N) is 3. The molecule has 0 atom stereocenters. The highest BCUT2D eigenvalue weighted by molar-refractivity contribution is 5.99. The lowest BCUT2D eigenvalue weighted by molar-refractivity contribution is -0.126. The summed E-state index contributed by atoms with van der Waals surface area (Å²) < 4.78 is 5.11. The second-order valence-corrected chi connectivity index (χ2v) is 6.00. The van der Waals surface area contributed by atoms with E-state index in [1.54, 1.807) is 38.3 Å². The van der Waals surface area contributed by atoms with Gasteiger partial charge in [0.25, 0.3) is 0 Å². The van der Waals surface area contributed by atoms with Crippen molar-refractivity contribution < 1.29 is 14.3 Å². The molecule has 0 saturated heterocycles. The number of hydrogen-bond acceptors (Lipinski definition) is 4. The summed E-state index contributed by atoms with van der Waals surface area (Å²) in [6.07, 6.45) is 6.70. The maximum Gasteiger partial charge on any atom is 0.250 e. The van der Waals surface area contributed by atoms with Crippen molar-refractivity contribution >= 4 is 17.5 Å². The summed E-state index contributed by atoms with van der Waals surface area (Å²) in [6.45, 7) is 1.73. The van der Waals surface area contributed by atoms with E-state index in [0.717, 1.165) is 25.7 Å². The van der Waals surface area contributed by atoms with Crippen LogP contribution in [0.1, 0.15) is 39.0 Å². The smallest absolute Gasteiger partial charge is 0.250 e. The van der Waals surface area contributed by atoms with Crippen molar-refractivity contribution in [2.45, 2.75) is 39.0 Å². The molecule has 0 aromatic heterocycles. The molecular formula is C18H25N3O3. The maximum absolute atomic E-state index is 12.0. The van der Waals surface area contributed by atoms with Crippen LogP contribution in [-0.2, 0) is 9.59 Å². The molecule has 6 nitrogen and oxygen atoms in total. The maximum atomic E-state index is 12.0. The van der Waals surface area contributed by atoms with Crippen molar-refractivity contribution in [3.8, 4) is 5.75 Å². The Labute approximate surface area is 142 Å². The average Bonchev–Trinajstić information content (AvgIpc) is 2.60. The van der Waals surface area contributed by atoms with Crippen molar-refractivity contribution in [1.29, 1.82) is 0 Å². The van der Waals surface area contributed by atoms with E-state index in [1.807, 2.05) is 0 Å². The van der Waals surface area contributed by atoms with Gasteiger partial charge in [-0.2, -0.15) is 0 Å². The highest BCUT2D eigenvalue weighted by Gasteiger charge is 2.20. The molecule has 3 N–H and O–H groups in total. The third-order valence-corrected chi connectivity index (χ3v) is 4.04. The predicted octanol–water partition coefficient (Wildman–Crippen LogP) is 2.74. The normalized spacial score (nSPS) is 15.5. The van der Waals surface area contributed by atoms with Crippen LogP contribution < -0.4 is 20.9 Å². The van der Waals surface area contributed by atoms with Gasteiger partial charge in [0, 0.05) is 29.4 Å². The first-order valence-corrected chi connectivity index (χ1v) is 8.27. The number of ether oxygens (including phenoxy) is 1. The molecule has 2 rings (SSSR count). The molecule has 2 amide bonds. The standard InChI is InChI=1S/C18H25N3O3/c1-13(20-21-18(23)14-7-4-3-5-8-14)11-17(22)19-15-9-6-10-16(12-15)24-2/h6,9-12,14,20H,3-5,7-8H2,1-2H3,(H,19,22)(H,21,23)/b13-11+. The lowest BCUT2D eigenvalue weighted by atomic mass is 9.89. The zero-order valence-electron chi connectivity index (χ0n) is 14.2. The number of methoxy groups -OCH3 is 1. The summed E-state index contributed by atoms with van der Waals surface area (Å²) in [5, 5.41) is 2.75. The molecule has 0 unspecified atom stereocenters. The van der Waals surface area contributed by atoms with Crippen LogP contribution in [0.4, 0.5) is 5.69 Å².